The molecule has 5 nitrogen and oxygen atoms in total. The van der Waals surface area contributed by atoms with Crippen molar-refractivity contribution in [3.63, 3.8) is 0 Å². The van der Waals surface area contributed by atoms with Crippen molar-refractivity contribution < 1.29 is 18.0 Å². The van der Waals surface area contributed by atoms with Gasteiger partial charge in [-0.2, -0.15) is 13.2 Å². The standard InChI is InChI=1S/C20H16ClF3N4OS/c21-15-9-8-13(10-14(15)20(22,23)24)25-18(29)16(11-4-2-1-3-5-11)30-19-26-17(27-28-19)12-6-7-12/h1-5,8-10,12,16H,6-7H2,(H,25,29)(H,26,27,28). The van der Waals surface area contributed by atoms with E-state index in [-0.39, 0.29) is 5.69 Å². The van der Waals surface area contributed by atoms with Crippen LogP contribution in [-0.4, -0.2) is 21.1 Å². The highest BCUT2D eigenvalue weighted by Gasteiger charge is 2.34. The van der Waals surface area contributed by atoms with Crippen molar-refractivity contribution in [1.29, 1.82) is 0 Å². The molecule has 1 atom stereocenters. The van der Waals surface area contributed by atoms with Gasteiger partial charge < -0.3 is 5.32 Å². The summed E-state index contributed by atoms with van der Waals surface area (Å²) >= 11 is 6.79. The zero-order chi connectivity index (χ0) is 21.3. The number of nitrogens with zero attached hydrogens (tertiary/aromatic N) is 2. The van der Waals surface area contributed by atoms with Crippen LogP contribution in [0.2, 0.25) is 5.02 Å². The summed E-state index contributed by atoms with van der Waals surface area (Å²) in [7, 11) is 0. The molecule has 4 rings (SSSR count). The highest BCUT2D eigenvalue weighted by molar-refractivity contribution is 8.00. The zero-order valence-electron chi connectivity index (χ0n) is 15.4. The number of alkyl halides is 3. The van der Waals surface area contributed by atoms with Crippen LogP contribution in [0.1, 0.15) is 41.0 Å². The molecule has 2 aromatic carbocycles. The first-order chi connectivity index (χ1) is 14.3. The minimum atomic E-state index is -4.62. The fourth-order valence-electron chi connectivity index (χ4n) is 2.88. The van der Waals surface area contributed by atoms with Crippen LogP contribution in [0.4, 0.5) is 18.9 Å². The quantitative estimate of drug-likeness (QED) is 0.462. The van der Waals surface area contributed by atoms with Gasteiger partial charge in [-0.25, -0.2) is 4.98 Å². The number of aromatic nitrogens is 3. The van der Waals surface area contributed by atoms with E-state index in [4.69, 9.17) is 11.6 Å². The molecule has 1 aliphatic rings. The number of amides is 1. The van der Waals surface area contributed by atoms with Crippen LogP contribution < -0.4 is 5.32 Å². The van der Waals surface area contributed by atoms with Gasteiger partial charge in [0, 0.05) is 11.6 Å². The highest BCUT2D eigenvalue weighted by Crippen LogP contribution is 2.41. The Morgan fingerprint density at radius 3 is 2.60 bits per heavy atom. The second kappa shape index (κ2) is 8.31. The van der Waals surface area contributed by atoms with Crippen LogP contribution in [0.3, 0.4) is 0 Å². The number of H-pyrrole nitrogens is 1. The molecule has 1 heterocycles. The predicted molar refractivity (Wildman–Crippen MR) is 108 cm³/mol. The number of carbonyl (C=O) groups is 1. The van der Waals surface area contributed by atoms with Crippen molar-refractivity contribution in [1.82, 2.24) is 15.2 Å². The van der Waals surface area contributed by atoms with Crippen molar-refractivity contribution in [2.45, 2.75) is 35.3 Å². The van der Waals surface area contributed by atoms with E-state index < -0.39 is 27.9 Å². The number of thioether (sulfide) groups is 1. The SMILES string of the molecule is O=C(Nc1ccc(Cl)c(C(F)(F)F)c1)C(Sc1n[nH]c(C2CC2)n1)c1ccccc1. The molecule has 1 aliphatic carbocycles. The number of rotatable bonds is 6. The maximum absolute atomic E-state index is 13.1. The minimum absolute atomic E-state index is 0.00640. The molecule has 0 bridgehead atoms. The molecule has 0 spiro atoms. The van der Waals surface area contributed by atoms with E-state index in [1.54, 1.807) is 24.3 Å². The van der Waals surface area contributed by atoms with Gasteiger partial charge in [-0.1, -0.05) is 53.7 Å². The Morgan fingerprint density at radius 2 is 1.93 bits per heavy atom. The minimum Gasteiger partial charge on any atom is -0.325 e. The molecule has 156 valence electrons. The average Bonchev–Trinajstić information content (AvgIpc) is 3.46. The van der Waals surface area contributed by atoms with Gasteiger partial charge in [0.1, 0.15) is 11.1 Å². The first-order valence-electron chi connectivity index (χ1n) is 9.13. The van der Waals surface area contributed by atoms with Crippen molar-refractivity contribution in [2.24, 2.45) is 0 Å². The maximum atomic E-state index is 13.1. The van der Waals surface area contributed by atoms with Gasteiger partial charge in [0.2, 0.25) is 11.1 Å². The Labute approximate surface area is 179 Å². The molecule has 1 unspecified atom stereocenters. The number of hydrogen-bond acceptors (Lipinski definition) is 4. The maximum Gasteiger partial charge on any atom is 0.417 e. The van der Waals surface area contributed by atoms with Gasteiger partial charge in [0.05, 0.1) is 10.6 Å². The Kier molecular flexibility index (Phi) is 5.75. The van der Waals surface area contributed by atoms with E-state index in [1.807, 2.05) is 6.07 Å². The molecule has 10 heteroatoms. The molecule has 0 saturated heterocycles. The van der Waals surface area contributed by atoms with Crippen LogP contribution in [0.15, 0.2) is 53.7 Å². The third kappa shape index (κ3) is 4.79. The summed E-state index contributed by atoms with van der Waals surface area (Å²) in [5, 5.41) is 8.85. The molecule has 2 N–H and O–H groups in total. The van der Waals surface area contributed by atoms with Crippen molar-refractivity contribution in [3.05, 3.63) is 70.5 Å². The second-order valence-electron chi connectivity index (χ2n) is 6.87. The summed E-state index contributed by atoms with van der Waals surface area (Å²) in [5.74, 6) is 0.683. The molecule has 1 aromatic heterocycles. The van der Waals surface area contributed by atoms with E-state index in [9.17, 15) is 18.0 Å². The van der Waals surface area contributed by atoms with Crippen molar-refractivity contribution in [2.75, 3.05) is 5.32 Å². The lowest BCUT2D eigenvalue weighted by molar-refractivity contribution is -0.137. The Morgan fingerprint density at radius 1 is 1.20 bits per heavy atom. The van der Waals surface area contributed by atoms with Crippen LogP contribution in [-0.2, 0) is 11.0 Å². The molecule has 1 saturated carbocycles. The monoisotopic (exact) mass is 452 g/mol. The van der Waals surface area contributed by atoms with Crippen LogP contribution in [0.5, 0.6) is 0 Å². The lowest BCUT2D eigenvalue weighted by atomic mass is 10.1. The van der Waals surface area contributed by atoms with Gasteiger partial charge in [-0.15, -0.1) is 5.10 Å². The van der Waals surface area contributed by atoms with E-state index in [0.717, 1.165) is 42.6 Å². The first kappa shape index (κ1) is 20.7. The summed E-state index contributed by atoms with van der Waals surface area (Å²) in [6.45, 7) is 0. The van der Waals surface area contributed by atoms with Gasteiger partial charge >= 0.3 is 6.18 Å². The Bertz CT molecular complexity index is 1050. The number of nitrogens with one attached hydrogen (secondary N) is 2. The first-order valence-corrected chi connectivity index (χ1v) is 10.4. The topological polar surface area (TPSA) is 70.7 Å². The van der Waals surface area contributed by atoms with Crippen LogP contribution in [0, 0.1) is 0 Å². The normalized spacial score (nSPS) is 15.1. The second-order valence-corrected chi connectivity index (χ2v) is 8.35. The molecule has 1 fully saturated rings. The molecule has 0 aliphatic heterocycles. The summed E-state index contributed by atoms with van der Waals surface area (Å²) in [4.78, 5) is 17.4. The average molecular weight is 453 g/mol. The highest BCUT2D eigenvalue weighted by atomic mass is 35.5. The smallest absolute Gasteiger partial charge is 0.325 e. The third-order valence-electron chi connectivity index (χ3n) is 4.55. The third-order valence-corrected chi connectivity index (χ3v) is 5.99. The molecular formula is C20H16ClF3N4OS. The fraction of sp³-hybridized carbons (Fsp3) is 0.250. The number of anilines is 1. The van der Waals surface area contributed by atoms with Gasteiger partial charge in [0.15, 0.2) is 0 Å². The van der Waals surface area contributed by atoms with Crippen LogP contribution >= 0.6 is 23.4 Å². The Hall–Kier alpha value is -2.52. The molecule has 30 heavy (non-hydrogen) atoms. The molecule has 1 amide bonds. The van der Waals surface area contributed by atoms with Gasteiger partial charge in [-0.3, -0.25) is 9.89 Å². The number of benzene rings is 2. The van der Waals surface area contributed by atoms with E-state index in [0.29, 0.717) is 16.6 Å². The van der Waals surface area contributed by atoms with Gasteiger partial charge in [0.25, 0.3) is 0 Å². The number of aromatic amines is 1. The number of hydrogen-bond donors (Lipinski definition) is 2. The van der Waals surface area contributed by atoms with Gasteiger partial charge in [-0.05, 0) is 36.6 Å². The zero-order valence-corrected chi connectivity index (χ0v) is 17.0. The fourth-order valence-corrected chi connectivity index (χ4v) is 4.03. The summed E-state index contributed by atoms with van der Waals surface area (Å²) in [6.07, 6.45) is -2.51. The largest absolute Gasteiger partial charge is 0.417 e. The molecule has 0 radical (unpaired) electrons. The van der Waals surface area contributed by atoms with Crippen molar-refractivity contribution >= 4 is 35.0 Å². The van der Waals surface area contributed by atoms with E-state index in [1.165, 1.54) is 6.07 Å². The summed E-state index contributed by atoms with van der Waals surface area (Å²) < 4.78 is 39.4. The lowest BCUT2D eigenvalue weighted by Crippen LogP contribution is -2.19. The predicted octanol–water partition coefficient (Wildman–Crippen LogP) is 5.83. The van der Waals surface area contributed by atoms with Crippen molar-refractivity contribution in [3.8, 4) is 0 Å². The summed E-state index contributed by atoms with van der Waals surface area (Å²) in [5.41, 5.74) is -0.316. The van der Waals surface area contributed by atoms with Crippen LogP contribution in [0.25, 0.3) is 0 Å². The molecule has 3 aromatic rings. The Balaban J connectivity index is 1.58. The number of halogens is 4. The van der Waals surface area contributed by atoms with E-state index in [2.05, 4.69) is 20.5 Å². The van der Waals surface area contributed by atoms with E-state index >= 15 is 0 Å². The number of carbonyl (C=O) groups excluding carboxylic acids is 1. The lowest BCUT2D eigenvalue weighted by Gasteiger charge is -2.17. The molecular weight excluding hydrogens is 437 g/mol. The summed E-state index contributed by atoms with van der Waals surface area (Å²) in [6, 6.07) is 12.2.